The van der Waals surface area contributed by atoms with Gasteiger partial charge in [-0.2, -0.15) is 0 Å². The zero-order chi connectivity index (χ0) is 11.6. The fourth-order valence-electron chi connectivity index (χ4n) is 5.47. The highest BCUT2D eigenvalue weighted by molar-refractivity contribution is 5.66. The number of hydrogen-bond acceptors (Lipinski definition) is 2. The van der Waals surface area contributed by atoms with E-state index in [1.807, 2.05) is 0 Å². The maximum atomic E-state index is 11.3. The van der Waals surface area contributed by atoms with Gasteiger partial charge in [-0.3, -0.25) is 4.79 Å². The van der Waals surface area contributed by atoms with Crippen LogP contribution in [0.3, 0.4) is 0 Å². The molecule has 0 aromatic rings. The van der Waals surface area contributed by atoms with Crippen molar-refractivity contribution < 1.29 is 9.53 Å². The summed E-state index contributed by atoms with van der Waals surface area (Å²) in [6.07, 6.45) is 10.3. The Bertz CT molecular complexity index is 386. The molecule has 4 unspecified atom stereocenters. The number of rotatable bonds is 1. The van der Waals surface area contributed by atoms with Gasteiger partial charge < -0.3 is 4.74 Å². The Morgan fingerprint density at radius 2 is 1.88 bits per heavy atom. The van der Waals surface area contributed by atoms with E-state index in [1.165, 1.54) is 25.7 Å². The molecule has 4 saturated carbocycles. The average molecular weight is 232 g/mol. The molecule has 5 aliphatic rings. The van der Waals surface area contributed by atoms with E-state index in [1.54, 1.807) is 6.92 Å². The Kier molecular flexibility index (Phi) is 2.01. The molecule has 92 valence electrons. The summed E-state index contributed by atoms with van der Waals surface area (Å²) in [7, 11) is 0. The summed E-state index contributed by atoms with van der Waals surface area (Å²) >= 11 is 0. The van der Waals surface area contributed by atoms with Crippen molar-refractivity contribution in [1.82, 2.24) is 0 Å². The predicted molar refractivity (Wildman–Crippen MR) is 64.1 cm³/mol. The van der Waals surface area contributed by atoms with Crippen molar-refractivity contribution in [1.29, 1.82) is 0 Å². The van der Waals surface area contributed by atoms with Crippen molar-refractivity contribution in [3.8, 4) is 0 Å². The van der Waals surface area contributed by atoms with Gasteiger partial charge in [0.15, 0.2) is 0 Å². The highest BCUT2D eigenvalue weighted by Gasteiger charge is 2.59. The second-order valence-corrected chi connectivity index (χ2v) is 6.54. The summed E-state index contributed by atoms with van der Waals surface area (Å²) in [5.74, 6) is 4.59. The maximum absolute atomic E-state index is 11.3. The van der Waals surface area contributed by atoms with Crippen LogP contribution in [-0.4, -0.2) is 12.1 Å². The highest BCUT2D eigenvalue weighted by Crippen LogP contribution is 2.62. The minimum Gasteiger partial charge on any atom is -0.462 e. The van der Waals surface area contributed by atoms with Gasteiger partial charge in [-0.05, 0) is 55.3 Å². The zero-order valence-electron chi connectivity index (χ0n) is 10.3. The first-order chi connectivity index (χ1) is 8.24. The Balaban J connectivity index is 1.72. The van der Waals surface area contributed by atoms with Crippen LogP contribution < -0.4 is 0 Å². The summed E-state index contributed by atoms with van der Waals surface area (Å²) in [5.41, 5.74) is 0. The summed E-state index contributed by atoms with van der Waals surface area (Å²) in [5, 5.41) is 0. The first-order valence-electron chi connectivity index (χ1n) is 7.08. The fourth-order valence-corrected chi connectivity index (χ4v) is 5.47. The number of allylic oxidation sites excluding steroid dienone is 2. The molecular weight excluding hydrogens is 212 g/mol. The average Bonchev–Trinajstić information content (AvgIpc) is 2.31. The summed E-state index contributed by atoms with van der Waals surface area (Å²) in [6, 6.07) is 0. The molecule has 0 aliphatic heterocycles. The molecule has 5 aliphatic carbocycles. The van der Waals surface area contributed by atoms with Crippen LogP contribution in [0, 0.1) is 35.5 Å². The second kappa shape index (κ2) is 3.37. The standard InChI is InChI=1S/C15H20O2/c1-8(16)17-15-13-6-9-5-12-10(13)3-2-4-11(12)14(15)7-9/h2-3,9-15H,4-7H2,1H3/t9?,10-,11+,12?,13?,14?,15-/m1/s1. The summed E-state index contributed by atoms with van der Waals surface area (Å²) in [4.78, 5) is 11.3. The van der Waals surface area contributed by atoms with Crippen LogP contribution in [0.2, 0.25) is 0 Å². The maximum Gasteiger partial charge on any atom is 0.302 e. The minimum atomic E-state index is -0.0791. The molecule has 0 radical (unpaired) electrons. The van der Waals surface area contributed by atoms with Crippen LogP contribution in [0.5, 0.6) is 0 Å². The monoisotopic (exact) mass is 232 g/mol. The third-order valence-electron chi connectivity index (χ3n) is 5.82. The molecule has 2 heteroatoms. The highest BCUT2D eigenvalue weighted by atomic mass is 16.5. The SMILES string of the molecule is CC(=O)O[C@@H]1C2CC3CC4[C@H]2C=CC[C@@H]4C1C3. The zero-order valence-corrected chi connectivity index (χ0v) is 10.3. The molecule has 0 aromatic carbocycles. The van der Waals surface area contributed by atoms with E-state index in [0.29, 0.717) is 17.8 Å². The summed E-state index contributed by atoms with van der Waals surface area (Å²) < 4.78 is 5.69. The molecule has 2 nitrogen and oxygen atoms in total. The molecule has 0 amide bonds. The van der Waals surface area contributed by atoms with E-state index < -0.39 is 0 Å². The summed E-state index contributed by atoms with van der Waals surface area (Å²) in [6.45, 7) is 1.57. The Morgan fingerprint density at radius 1 is 1.12 bits per heavy atom. The molecule has 0 spiro atoms. The van der Waals surface area contributed by atoms with Gasteiger partial charge in [0.2, 0.25) is 0 Å². The topological polar surface area (TPSA) is 26.3 Å². The molecule has 4 fully saturated rings. The lowest BCUT2D eigenvalue weighted by Crippen LogP contribution is -2.59. The third-order valence-corrected chi connectivity index (χ3v) is 5.82. The molecule has 0 aromatic heterocycles. The van der Waals surface area contributed by atoms with Crippen molar-refractivity contribution in [2.24, 2.45) is 35.5 Å². The van der Waals surface area contributed by atoms with Gasteiger partial charge in [0, 0.05) is 12.8 Å². The number of carbonyl (C=O) groups excluding carboxylic acids is 1. The van der Waals surface area contributed by atoms with E-state index >= 15 is 0 Å². The molecule has 0 N–H and O–H groups in total. The largest absolute Gasteiger partial charge is 0.462 e. The van der Waals surface area contributed by atoms with Crippen molar-refractivity contribution >= 4 is 5.97 Å². The molecule has 0 heterocycles. The van der Waals surface area contributed by atoms with Crippen LogP contribution in [0.25, 0.3) is 0 Å². The Labute approximate surface area is 102 Å². The van der Waals surface area contributed by atoms with Gasteiger partial charge in [-0.15, -0.1) is 0 Å². The first kappa shape index (κ1) is 10.2. The van der Waals surface area contributed by atoms with E-state index in [4.69, 9.17) is 4.74 Å². The van der Waals surface area contributed by atoms with Gasteiger partial charge in [0.05, 0.1) is 0 Å². The van der Waals surface area contributed by atoms with E-state index in [9.17, 15) is 4.79 Å². The minimum absolute atomic E-state index is 0.0791. The predicted octanol–water partition coefficient (Wildman–Crippen LogP) is 2.79. The van der Waals surface area contributed by atoms with Gasteiger partial charge >= 0.3 is 5.97 Å². The molecular formula is C15H20O2. The first-order valence-corrected chi connectivity index (χ1v) is 7.08. The smallest absolute Gasteiger partial charge is 0.302 e. The lowest BCUT2D eigenvalue weighted by molar-refractivity contribution is -0.189. The van der Waals surface area contributed by atoms with Crippen LogP contribution in [-0.2, 0) is 9.53 Å². The normalized spacial score (nSPS) is 53.8. The van der Waals surface area contributed by atoms with Crippen LogP contribution >= 0.6 is 0 Å². The van der Waals surface area contributed by atoms with E-state index in [-0.39, 0.29) is 12.1 Å². The molecule has 6 bridgehead atoms. The van der Waals surface area contributed by atoms with Crippen molar-refractivity contribution in [3.63, 3.8) is 0 Å². The quantitative estimate of drug-likeness (QED) is 0.513. The Morgan fingerprint density at radius 3 is 2.71 bits per heavy atom. The van der Waals surface area contributed by atoms with E-state index in [0.717, 1.165) is 17.8 Å². The number of esters is 1. The molecule has 5 rings (SSSR count). The van der Waals surface area contributed by atoms with Gasteiger partial charge in [-0.1, -0.05) is 12.2 Å². The van der Waals surface area contributed by atoms with Gasteiger partial charge in [-0.25, -0.2) is 0 Å². The molecule has 0 saturated heterocycles. The number of ether oxygens (including phenoxy) is 1. The van der Waals surface area contributed by atoms with E-state index in [2.05, 4.69) is 12.2 Å². The van der Waals surface area contributed by atoms with Crippen molar-refractivity contribution in [2.75, 3.05) is 0 Å². The van der Waals surface area contributed by atoms with Crippen LogP contribution in [0.1, 0.15) is 32.6 Å². The van der Waals surface area contributed by atoms with Crippen molar-refractivity contribution in [2.45, 2.75) is 38.7 Å². The van der Waals surface area contributed by atoms with Gasteiger partial charge in [0.25, 0.3) is 0 Å². The van der Waals surface area contributed by atoms with Gasteiger partial charge in [0.1, 0.15) is 6.10 Å². The van der Waals surface area contributed by atoms with Crippen molar-refractivity contribution in [3.05, 3.63) is 12.2 Å². The number of carbonyl (C=O) groups is 1. The lowest BCUT2D eigenvalue weighted by Gasteiger charge is -2.62. The second-order valence-electron chi connectivity index (χ2n) is 6.54. The van der Waals surface area contributed by atoms with Crippen LogP contribution in [0.15, 0.2) is 12.2 Å². The fraction of sp³-hybridized carbons (Fsp3) is 0.800. The lowest BCUT2D eigenvalue weighted by atomic mass is 9.45. The molecule has 7 atom stereocenters. The Hall–Kier alpha value is -0.790. The molecule has 17 heavy (non-hydrogen) atoms. The number of hydrogen-bond donors (Lipinski definition) is 0. The third kappa shape index (κ3) is 1.30. The van der Waals surface area contributed by atoms with Crippen LogP contribution in [0.4, 0.5) is 0 Å².